The molecule has 0 aromatic heterocycles. The molecule has 0 bridgehead atoms. The molecule has 3 atom stereocenters. The van der Waals surface area contributed by atoms with Gasteiger partial charge in [-0.05, 0) is 32.1 Å². The fourth-order valence-electron chi connectivity index (χ4n) is 6.67. The number of hydrogen-bond acceptors (Lipinski definition) is 8. The Morgan fingerprint density at radius 2 is 0.818 bits per heavy atom. The lowest BCUT2D eigenvalue weighted by atomic mass is 10.0. The van der Waals surface area contributed by atoms with Gasteiger partial charge in [-0.2, -0.15) is 0 Å². The first-order chi connectivity index (χ1) is 26.6. The van der Waals surface area contributed by atoms with E-state index >= 15 is 0 Å². The van der Waals surface area contributed by atoms with Crippen LogP contribution < -0.4 is 5.09 Å². The Hall–Kier alpha value is 0.1000. The summed E-state index contributed by atoms with van der Waals surface area (Å²) >= 11 is 0. The average Bonchev–Trinajstić information content (AvgIpc) is 3.16. The van der Waals surface area contributed by atoms with Gasteiger partial charge in [0.05, 0.1) is 58.5 Å². The smallest absolute Gasteiger partial charge is 0.331 e. The zero-order valence-electron chi connectivity index (χ0n) is 36.1. The number of nitrogens with one attached hydrogen (secondary N) is 1. The highest BCUT2D eigenvalue weighted by atomic mass is 31.2. The van der Waals surface area contributed by atoms with E-state index in [-0.39, 0.29) is 31.1 Å². The average molecular weight is 830 g/mol. The summed E-state index contributed by atoms with van der Waals surface area (Å²) in [4.78, 5) is 21.6. The molecule has 0 aliphatic carbocycles. The number of rotatable bonds is 45. The van der Waals surface area contributed by atoms with E-state index in [9.17, 15) is 24.0 Å². The highest BCUT2D eigenvalue weighted by Crippen LogP contribution is 2.51. The van der Waals surface area contributed by atoms with Gasteiger partial charge in [0, 0.05) is 18.8 Å². The number of hydrogen-bond donors (Lipinski definition) is 4. The van der Waals surface area contributed by atoms with Gasteiger partial charge in [-0.1, -0.05) is 156 Å². The van der Waals surface area contributed by atoms with E-state index in [1.165, 1.54) is 64.2 Å². The van der Waals surface area contributed by atoms with Crippen LogP contribution in [0, 0.1) is 0 Å². The van der Waals surface area contributed by atoms with Crippen LogP contribution in [0.5, 0.6) is 0 Å². The van der Waals surface area contributed by atoms with Gasteiger partial charge in [0.1, 0.15) is 6.10 Å². The van der Waals surface area contributed by atoms with Gasteiger partial charge >= 0.3 is 7.60 Å². The third kappa shape index (κ3) is 34.7. The maximum atomic E-state index is 13.2. The van der Waals surface area contributed by atoms with Gasteiger partial charge in [0.15, 0.2) is 0 Å². The quantitative estimate of drug-likeness (QED) is 0.0343. The predicted molar refractivity (Wildman–Crippen MR) is 229 cm³/mol. The second-order valence-corrected chi connectivity index (χ2v) is 19.8. The molecule has 11 nitrogen and oxygen atoms in total. The third-order valence-electron chi connectivity index (χ3n) is 10.2. The molecule has 55 heavy (non-hydrogen) atoms. The predicted octanol–water partition coefficient (Wildman–Crippen LogP) is 11.0. The van der Waals surface area contributed by atoms with E-state index in [1.807, 2.05) is 0 Å². The van der Waals surface area contributed by atoms with Gasteiger partial charge in [-0.15, -0.1) is 0 Å². The molecule has 0 aliphatic rings. The number of unbranched alkanes of at least 4 members (excludes halogenated alkanes) is 16. The molecule has 0 radical (unpaired) electrons. The van der Waals surface area contributed by atoms with E-state index in [0.717, 1.165) is 77.0 Å². The zero-order chi connectivity index (χ0) is 40.7. The Labute approximate surface area is 338 Å². The van der Waals surface area contributed by atoms with Gasteiger partial charge in [0.25, 0.3) is 7.52 Å². The Morgan fingerprint density at radius 3 is 1.24 bits per heavy atom. The summed E-state index contributed by atoms with van der Waals surface area (Å²) in [6.45, 7) is 11.8. The van der Waals surface area contributed by atoms with E-state index < -0.39 is 21.2 Å². The zero-order valence-corrected chi connectivity index (χ0v) is 37.9. The second kappa shape index (κ2) is 39.6. The van der Waals surface area contributed by atoms with Crippen LogP contribution in [0.15, 0.2) is 0 Å². The molecule has 0 aromatic rings. The van der Waals surface area contributed by atoms with Crippen LogP contribution in [0.3, 0.4) is 0 Å². The largest absolute Gasteiger partial charge is 0.388 e. The molecule has 0 aromatic carbocycles. The van der Waals surface area contributed by atoms with Crippen molar-refractivity contribution >= 4 is 15.1 Å². The van der Waals surface area contributed by atoms with Crippen molar-refractivity contribution in [2.24, 2.45) is 0 Å². The standard InChI is InChI=1S/C42H89NO10P2/c1-5-9-13-17-21-26-41(27-22-18-14-10-6-2)54(45,46)43-30-25-31-49-32-33-50-34-35-51-36-37-52-38-40(44)39-53-55(47,48)42(28-23-19-15-11-7-3)29-24-20-16-12-8-4/h40-42,44H,5-39H2,1-4H3,(H,47,48)(H2,43,45,46). The Morgan fingerprint density at radius 1 is 0.455 bits per heavy atom. The number of aliphatic hydroxyl groups is 1. The van der Waals surface area contributed by atoms with Crippen LogP contribution in [0.2, 0.25) is 0 Å². The normalized spacial score (nSPS) is 14.9. The summed E-state index contributed by atoms with van der Waals surface area (Å²) in [6, 6.07) is 0. The Kier molecular flexibility index (Phi) is 39.6. The van der Waals surface area contributed by atoms with Crippen molar-refractivity contribution in [2.45, 2.75) is 206 Å². The fourth-order valence-corrected chi connectivity index (χ4v) is 10.1. The summed E-state index contributed by atoms with van der Waals surface area (Å²) < 4.78 is 54.0. The second-order valence-electron chi connectivity index (χ2n) is 15.4. The van der Waals surface area contributed by atoms with Crippen molar-refractivity contribution in [3.63, 3.8) is 0 Å². The summed E-state index contributed by atoms with van der Waals surface area (Å²) in [7, 11) is -7.27. The van der Waals surface area contributed by atoms with Gasteiger partial charge in [0.2, 0.25) is 0 Å². The van der Waals surface area contributed by atoms with Crippen LogP contribution in [0.25, 0.3) is 0 Å². The monoisotopic (exact) mass is 830 g/mol. The van der Waals surface area contributed by atoms with Crippen molar-refractivity contribution in [1.29, 1.82) is 0 Å². The Bertz CT molecular complexity index is 874. The molecule has 0 amide bonds. The van der Waals surface area contributed by atoms with Crippen molar-refractivity contribution in [1.82, 2.24) is 5.09 Å². The van der Waals surface area contributed by atoms with Crippen LogP contribution in [-0.4, -0.2) is 98.3 Å². The lowest BCUT2D eigenvalue weighted by molar-refractivity contribution is -0.0252. The molecule has 3 unspecified atom stereocenters. The Balaban J connectivity index is 4.06. The van der Waals surface area contributed by atoms with E-state index in [0.29, 0.717) is 65.4 Å². The molecular formula is C42H89NO10P2. The fraction of sp³-hybridized carbons (Fsp3) is 1.00. The minimum atomic E-state index is -3.85. The number of aliphatic hydroxyl groups excluding tert-OH is 1. The first kappa shape index (κ1) is 55.1. The molecule has 332 valence electrons. The molecule has 0 saturated carbocycles. The van der Waals surface area contributed by atoms with E-state index in [4.69, 9.17) is 23.5 Å². The number of ether oxygens (including phenoxy) is 4. The van der Waals surface area contributed by atoms with E-state index in [1.54, 1.807) is 0 Å². The van der Waals surface area contributed by atoms with Crippen molar-refractivity contribution in [3.05, 3.63) is 0 Å². The maximum Gasteiger partial charge on any atom is 0.331 e. The SMILES string of the molecule is CCCCCCCC(CCCCCCC)P(=O)(O)NCCCOCCOCCOCCOCC(O)COP(=O)(O)C(CCCCCCC)CCCCCCC. The van der Waals surface area contributed by atoms with Gasteiger partial charge in [-0.3, -0.25) is 9.13 Å². The summed E-state index contributed by atoms with van der Waals surface area (Å²) in [6.07, 6.45) is 25.2. The molecule has 0 fully saturated rings. The van der Waals surface area contributed by atoms with Crippen molar-refractivity contribution in [2.75, 3.05) is 66.0 Å². The molecule has 0 heterocycles. The molecule has 13 heteroatoms. The maximum absolute atomic E-state index is 13.2. The lowest BCUT2D eigenvalue weighted by Crippen LogP contribution is -2.24. The van der Waals surface area contributed by atoms with Crippen LogP contribution in [0.1, 0.15) is 188 Å². The van der Waals surface area contributed by atoms with Crippen LogP contribution in [-0.2, 0) is 32.6 Å². The van der Waals surface area contributed by atoms with Crippen molar-refractivity contribution in [3.8, 4) is 0 Å². The summed E-state index contributed by atoms with van der Waals surface area (Å²) in [5.74, 6) is 0. The van der Waals surface area contributed by atoms with Crippen LogP contribution in [0.4, 0.5) is 0 Å². The molecule has 4 N–H and O–H groups in total. The summed E-state index contributed by atoms with van der Waals surface area (Å²) in [5.41, 5.74) is -0.551. The van der Waals surface area contributed by atoms with Crippen molar-refractivity contribution < 1.29 is 47.5 Å². The molecule has 0 aliphatic heterocycles. The highest BCUT2D eigenvalue weighted by molar-refractivity contribution is 7.56. The topological polar surface area (TPSA) is 153 Å². The van der Waals surface area contributed by atoms with Gasteiger partial charge < -0.3 is 38.4 Å². The van der Waals surface area contributed by atoms with Crippen LogP contribution >= 0.6 is 15.1 Å². The molecule has 0 saturated heterocycles. The van der Waals surface area contributed by atoms with Gasteiger partial charge in [-0.25, -0.2) is 5.09 Å². The minimum Gasteiger partial charge on any atom is -0.388 e. The third-order valence-corrected chi connectivity index (χ3v) is 14.3. The first-order valence-electron chi connectivity index (χ1n) is 22.7. The minimum absolute atomic E-state index is 0.000107. The molecule has 0 rings (SSSR count). The summed E-state index contributed by atoms with van der Waals surface area (Å²) in [5, 5.41) is 13.3. The van der Waals surface area contributed by atoms with E-state index in [2.05, 4.69) is 32.8 Å². The molecule has 0 spiro atoms. The highest BCUT2D eigenvalue weighted by Gasteiger charge is 2.32. The first-order valence-corrected chi connectivity index (χ1v) is 26.1. The molecular weight excluding hydrogens is 740 g/mol. The lowest BCUT2D eigenvalue weighted by Gasteiger charge is -2.24.